The molecular weight excluding hydrogens is 494 g/mol. The van der Waals surface area contributed by atoms with E-state index in [0.29, 0.717) is 33.5 Å². The van der Waals surface area contributed by atoms with Gasteiger partial charge in [-0.1, -0.05) is 17.3 Å². The van der Waals surface area contributed by atoms with E-state index in [4.69, 9.17) is 9.94 Å². The Kier molecular flexibility index (Phi) is 7.44. The lowest BCUT2D eigenvalue weighted by atomic mass is 10.1. The first-order chi connectivity index (χ1) is 17.0. The Hall–Kier alpha value is -4.06. The molecule has 0 atom stereocenters. The third-order valence-electron chi connectivity index (χ3n) is 5.32. The summed E-state index contributed by atoms with van der Waals surface area (Å²) in [5.74, 6) is -1.97. The van der Waals surface area contributed by atoms with Gasteiger partial charge in [0.25, 0.3) is 5.91 Å². The van der Waals surface area contributed by atoms with Crippen LogP contribution in [0.4, 0.5) is 8.78 Å². The highest BCUT2D eigenvalue weighted by Gasteiger charge is 2.16. The van der Waals surface area contributed by atoms with Gasteiger partial charge < -0.3 is 5.11 Å². The number of amides is 1. The average Bonchev–Trinajstić information content (AvgIpc) is 3.26. The number of carbonyl (C=O) groups excluding carboxylic acids is 1. The topological polar surface area (TPSA) is 115 Å². The fourth-order valence-corrected chi connectivity index (χ4v) is 3.62. The Morgan fingerprint density at radius 1 is 1.06 bits per heavy atom. The molecule has 0 bridgehead atoms. The van der Waals surface area contributed by atoms with Crippen molar-refractivity contribution >= 4 is 40.4 Å². The van der Waals surface area contributed by atoms with Crippen LogP contribution in [0.5, 0.6) is 0 Å². The van der Waals surface area contributed by atoms with Crippen LogP contribution in [0.3, 0.4) is 0 Å². The van der Waals surface area contributed by atoms with Gasteiger partial charge in [-0.15, -0.1) is 17.5 Å². The molecule has 9 nitrogen and oxygen atoms in total. The van der Waals surface area contributed by atoms with Gasteiger partial charge in [0, 0.05) is 28.8 Å². The number of aliphatic hydroxyl groups excluding tert-OH is 1. The smallest absolute Gasteiger partial charge is 0.277 e. The predicted octanol–water partition coefficient (Wildman–Crippen LogP) is 3.44. The van der Waals surface area contributed by atoms with Gasteiger partial charge in [0.1, 0.15) is 17.2 Å². The molecule has 0 radical (unpaired) electrons. The number of benzene rings is 2. The zero-order valence-corrected chi connectivity index (χ0v) is 19.4. The van der Waals surface area contributed by atoms with Crippen LogP contribution in [0.2, 0.25) is 0 Å². The number of aromatic nitrogens is 5. The lowest BCUT2D eigenvalue weighted by Gasteiger charge is -2.08. The molecule has 0 saturated carbocycles. The van der Waals surface area contributed by atoms with Crippen LogP contribution >= 0.6 is 12.4 Å². The van der Waals surface area contributed by atoms with E-state index < -0.39 is 17.5 Å². The third-order valence-corrected chi connectivity index (χ3v) is 5.32. The van der Waals surface area contributed by atoms with Gasteiger partial charge in [-0.2, -0.15) is 0 Å². The Morgan fingerprint density at radius 2 is 1.92 bits per heavy atom. The fraction of sp³-hybridized carbons (Fsp3) is 0.125. The number of hydrogen-bond acceptors (Lipinski definition) is 7. The second-order valence-corrected chi connectivity index (χ2v) is 7.62. The van der Waals surface area contributed by atoms with E-state index in [1.807, 2.05) is 6.07 Å². The zero-order chi connectivity index (χ0) is 24.4. The maximum atomic E-state index is 14.7. The van der Waals surface area contributed by atoms with Crippen molar-refractivity contribution in [2.45, 2.75) is 6.54 Å². The second-order valence-electron chi connectivity index (χ2n) is 7.62. The van der Waals surface area contributed by atoms with Crippen molar-refractivity contribution in [3.8, 4) is 11.3 Å². The SMILES string of the molecule is Cl.O=C(NOCCO)c1ccc(-c2ccc3nnn(Cc4cc5cccnc5cc4F)c3n2)cc1F. The van der Waals surface area contributed by atoms with E-state index in [0.717, 1.165) is 5.39 Å². The number of nitrogens with zero attached hydrogens (tertiary/aromatic N) is 5. The first-order valence-electron chi connectivity index (χ1n) is 10.6. The van der Waals surface area contributed by atoms with Crippen LogP contribution in [0.1, 0.15) is 15.9 Å². The molecular formula is C24H19ClF2N6O3. The second kappa shape index (κ2) is 10.7. The van der Waals surface area contributed by atoms with Crippen LogP contribution < -0.4 is 5.48 Å². The quantitative estimate of drug-likeness (QED) is 0.253. The van der Waals surface area contributed by atoms with Crippen molar-refractivity contribution in [2.75, 3.05) is 13.2 Å². The van der Waals surface area contributed by atoms with E-state index in [1.165, 1.54) is 22.9 Å². The van der Waals surface area contributed by atoms with Gasteiger partial charge >= 0.3 is 0 Å². The summed E-state index contributed by atoms with van der Waals surface area (Å²) in [5.41, 5.74) is 4.52. The molecule has 36 heavy (non-hydrogen) atoms. The van der Waals surface area contributed by atoms with Crippen molar-refractivity contribution in [3.05, 3.63) is 83.6 Å². The minimum Gasteiger partial charge on any atom is -0.394 e. The summed E-state index contributed by atoms with van der Waals surface area (Å²) >= 11 is 0. The van der Waals surface area contributed by atoms with E-state index in [-0.39, 0.29) is 37.7 Å². The summed E-state index contributed by atoms with van der Waals surface area (Å²) in [6, 6.07) is 14.1. The van der Waals surface area contributed by atoms with Crippen LogP contribution in [-0.2, 0) is 11.4 Å². The molecule has 5 rings (SSSR count). The Labute approximate surface area is 209 Å². The summed E-state index contributed by atoms with van der Waals surface area (Å²) in [7, 11) is 0. The highest BCUT2D eigenvalue weighted by Crippen LogP contribution is 2.24. The number of fused-ring (bicyclic) bond motifs is 2. The van der Waals surface area contributed by atoms with Crippen LogP contribution in [0, 0.1) is 11.6 Å². The number of aliphatic hydroxyl groups is 1. The molecule has 184 valence electrons. The highest BCUT2D eigenvalue weighted by molar-refractivity contribution is 5.94. The summed E-state index contributed by atoms with van der Waals surface area (Å²) in [6.45, 7) is -0.311. The van der Waals surface area contributed by atoms with Gasteiger partial charge in [-0.3, -0.25) is 14.6 Å². The molecule has 3 heterocycles. The van der Waals surface area contributed by atoms with Crippen molar-refractivity contribution in [2.24, 2.45) is 0 Å². The number of halogens is 3. The molecule has 5 aromatic rings. The molecule has 0 aliphatic rings. The Bertz CT molecular complexity index is 1560. The molecule has 12 heteroatoms. The monoisotopic (exact) mass is 512 g/mol. The number of pyridine rings is 2. The molecule has 2 aromatic carbocycles. The minimum atomic E-state index is -0.777. The lowest BCUT2D eigenvalue weighted by molar-refractivity contribution is 0.0165. The van der Waals surface area contributed by atoms with Gasteiger partial charge in [0.15, 0.2) is 5.65 Å². The molecule has 0 aliphatic heterocycles. The van der Waals surface area contributed by atoms with Crippen molar-refractivity contribution in [1.29, 1.82) is 0 Å². The molecule has 1 amide bonds. The summed E-state index contributed by atoms with van der Waals surface area (Å²) < 4.78 is 30.8. The normalized spacial score (nSPS) is 11.0. The molecule has 0 spiro atoms. The van der Waals surface area contributed by atoms with E-state index in [1.54, 1.807) is 36.5 Å². The van der Waals surface area contributed by atoms with Gasteiger partial charge in [-0.05, 0) is 36.4 Å². The minimum absolute atomic E-state index is 0. The van der Waals surface area contributed by atoms with Gasteiger partial charge in [0.2, 0.25) is 0 Å². The van der Waals surface area contributed by atoms with Gasteiger partial charge in [0.05, 0.1) is 36.5 Å². The predicted molar refractivity (Wildman–Crippen MR) is 129 cm³/mol. The number of rotatable bonds is 7. The number of carbonyl (C=O) groups is 1. The van der Waals surface area contributed by atoms with Crippen molar-refractivity contribution in [3.63, 3.8) is 0 Å². The zero-order valence-electron chi connectivity index (χ0n) is 18.6. The van der Waals surface area contributed by atoms with Crippen LogP contribution in [-0.4, -0.2) is 49.2 Å². The van der Waals surface area contributed by atoms with E-state index in [2.05, 4.69) is 25.8 Å². The summed E-state index contributed by atoms with van der Waals surface area (Å²) in [6.07, 6.45) is 1.60. The average molecular weight is 513 g/mol. The van der Waals surface area contributed by atoms with Crippen molar-refractivity contribution < 1.29 is 23.5 Å². The summed E-state index contributed by atoms with van der Waals surface area (Å²) in [4.78, 5) is 25.5. The van der Waals surface area contributed by atoms with E-state index >= 15 is 0 Å². The molecule has 0 fully saturated rings. The largest absolute Gasteiger partial charge is 0.394 e. The molecule has 0 unspecified atom stereocenters. The summed E-state index contributed by atoms with van der Waals surface area (Å²) in [5, 5.41) is 17.7. The Morgan fingerprint density at radius 3 is 2.72 bits per heavy atom. The molecule has 0 aliphatic carbocycles. The maximum Gasteiger partial charge on any atom is 0.277 e. The molecule has 0 saturated heterocycles. The number of hydrogen-bond donors (Lipinski definition) is 2. The van der Waals surface area contributed by atoms with Crippen LogP contribution in [0.25, 0.3) is 33.3 Å². The van der Waals surface area contributed by atoms with Crippen molar-refractivity contribution in [1.82, 2.24) is 30.4 Å². The third kappa shape index (κ3) is 4.98. The van der Waals surface area contributed by atoms with E-state index in [9.17, 15) is 13.6 Å². The first kappa shape index (κ1) is 25.0. The Balaban J connectivity index is 0.00000304. The number of nitrogens with one attached hydrogen (secondary N) is 1. The fourth-order valence-electron chi connectivity index (χ4n) is 3.62. The first-order valence-corrected chi connectivity index (χ1v) is 10.6. The van der Waals surface area contributed by atoms with Crippen LogP contribution in [0.15, 0.2) is 60.8 Å². The van der Waals surface area contributed by atoms with Gasteiger partial charge in [-0.25, -0.2) is 23.9 Å². The maximum absolute atomic E-state index is 14.7. The number of hydroxylamine groups is 1. The lowest BCUT2D eigenvalue weighted by Crippen LogP contribution is -2.26. The highest BCUT2D eigenvalue weighted by atomic mass is 35.5. The standard InChI is InChI=1S/C24H18F2N6O3.ClH/c25-18-12-22-14(2-1-7-27-22)10-16(18)13-32-23-21(29-31-32)6-5-20(28-23)15-3-4-17(19(26)11-15)24(34)30-35-9-8-33;/h1-7,10-12,33H,8-9,13H2,(H,30,34);1H. The molecule has 2 N–H and O–H groups in total. The molecule has 3 aromatic heterocycles.